The van der Waals surface area contributed by atoms with Crippen molar-refractivity contribution in [1.29, 1.82) is 0 Å². The van der Waals surface area contributed by atoms with E-state index in [9.17, 15) is 0 Å². The van der Waals surface area contributed by atoms with E-state index in [-0.39, 0.29) is 6.04 Å². The fraction of sp³-hybridized carbons (Fsp3) is 0.538. The van der Waals surface area contributed by atoms with Crippen molar-refractivity contribution in [3.63, 3.8) is 0 Å². The molecule has 0 saturated carbocycles. The van der Waals surface area contributed by atoms with Crippen molar-refractivity contribution in [2.75, 3.05) is 7.11 Å². The Morgan fingerprint density at radius 2 is 2.25 bits per heavy atom. The van der Waals surface area contributed by atoms with Gasteiger partial charge < -0.3 is 4.74 Å². The number of rotatable bonds is 6. The Labute approximate surface area is 118 Å². The average Bonchev–Trinajstić information content (AvgIpc) is 2.96. The van der Waals surface area contributed by atoms with Crippen LogP contribution in [0, 0.1) is 6.92 Å². The number of hydrogen-bond acceptors (Lipinski definition) is 5. The maximum atomic E-state index is 5.78. The third kappa shape index (κ3) is 2.54. The molecule has 0 aliphatic heterocycles. The summed E-state index contributed by atoms with van der Waals surface area (Å²) in [7, 11) is 3.54. The molecule has 2 heterocycles. The SMILES string of the molecule is CCCn1ncc(OC)c1C(NN)c1cc(C)nn1C. The maximum Gasteiger partial charge on any atom is 0.162 e. The summed E-state index contributed by atoms with van der Waals surface area (Å²) in [5.41, 5.74) is 5.68. The zero-order chi connectivity index (χ0) is 14.7. The lowest BCUT2D eigenvalue weighted by Crippen LogP contribution is -2.32. The number of aryl methyl sites for hydroxylation is 3. The van der Waals surface area contributed by atoms with E-state index < -0.39 is 0 Å². The van der Waals surface area contributed by atoms with Crippen LogP contribution in [0.1, 0.15) is 36.5 Å². The van der Waals surface area contributed by atoms with Crippen LogP contribution in [0.2, 0.25) is 0 Å². The zero-order valence-corrected chi connectivity index (χ0v) is 12.4. The largest absolute Gasteiger partial charge is 0.493 e. The molecule has 0 bridgehead atoms. The Morgan fingerprint density at radius 3 is 2.75 bits per heavy atom. The van der Waals surface area contributed by atoms with Crippen molar-refractivity contribution in [3.05, 3.63) is 29.3 Å². The quantitative estimate of drug-likeness (QED) is 0.606. The molecule has 0 aliphatic carbocycles. The van der Waals surface area contributed by atoms with Crippen molar-refractivity contribution >= 4 is 0 Å². The van der Waals surface area contributed by atoms with E-state index in [0.29, 0.717) is 0 Å². The Hall–Kier alpha value is -1.86. The first-order valence-electron chi connectivity index (χ1n) is 6.68. The molecule has 0 aromatic carbocycles. The molecule has 0 fully saturated rings. The summed E-state index contributed by atoms with van der Waals surface area (Å²) in [6.07, 6.45) is 2.71. The summed E-state index contributed by atoms with van der Waals surface area (Å²) in [6, 6.07) is 1.79. The van der Waals surface area contributed by atoms with Crippen LogP contribution in [0.3, 0.4) is 0 Å². The van der Waals surface area contributed by atoms with Crippen LogP contribution >= 0.6 is 0 Å². The minimum atomic E-state index is -0.217. The molecule has 1 unspecified atom stereocenters. The molecular weight excluding hydrogens is 256 g/mol. The lowest BCUT2D eigenvalue weighted by atomic mass is 10.1. The van der Waals surface area contributed by atoms with E-state index in [4.69, 9.17) is 10.6 Å². The van der Waals surface area contributed by atoms with Gasteiger partial charge in [-0.2, -0.15) is 10.2 Å². The van der Waals surface area contributed by atoms with Crippen LogP contribution in [0.25, 0.3) is 0 Å². The van der Waals surface area contributed by atoms with Gasteiger partial charge in [0.2, 0.25) is 0 Å². The first-order valence-corrected chi connectivity index (χ1v) is 6.68. The molecule has 0 amide bonds. The topological polar surface area (TPSA) is 82.9 Å². The third-order valence-electron chi connectivity index (χ3n) is 3.27. The van der Waals surface area contributed by atoms with Crippen LogP contribution in [0.15, 0.2) is 12.3 Å². The molecule has 20 heavy (non-hydrogen) atoms. The van der Waals surface area contributed by atoms with Gasteiger partial charge in [0.15, 0.2) is 5.75 Å². The van der Waals surface area contributed by atoms with Gasteiger partial charge in [0.05, 0.1) is 24.7 Å². The molecule has 0 saturated heterocycles. The van der Waals surface area contributed by atoms with Gasteiger partial charge in [-0.1, -0.05) is 6.92 Å². The molecule has 0 aliphatic rings. The van der Waals surface area contributed by atoms with Gasteiger partial charge >= 0.3 is 0 Å². The lowest BCUT2D eigenvalue weighted by Gasteiger charge is -2.19. The second-order valence-electron chi connectivity index (χ2n) is 4.76. The standard InChI is InChI=1S/C13H22N6O/c1-5-6-19-13(11(20-4)8-15-19)12(16-14)10-7-9(2)17-18(10)3/h7-8,12,16H,5-6,14H2,1-4H3. The summed E-state index contributed by atoms with van der Waals surface area (Å²) in [5.74, 6) is 6.50. The highest BCUT2D eigenvalue weighted by molar-refractivity contribution is 5.34. The molecule has 0 radical (unpaired) electrons. The number of hydrazine groups is 1. The molecule has 2 aromatic heterocycles. The minimum Gasteiger partial charge on any atom is -0.493 e. The smallest absolute Gasteiger partial charge is 0.162 e. The average molecular weight is 278 g/mol. The predicted octanol–water partition coefficient (Wildman–Crippen LogP) is 0.896. The van der Waals surface area contributed by atoms with Crippen molar-refractivity contribution in [2.45, 2.75) is 32.9 Å². The van der Waals surface area contributed by atoms with E-state index in [1.165, 1.54) is 0 Å². The Kier molecular flexibility index (Phi) is 4.41. The van der Waals surface area contributed by atoms with Crippen LogP contribution in [-0.4, -0.2) is 26.7 Å². The number of methoxy groups -OCH3 is 1. The highest BCUT2D eigenvalue weighted by Gasteiger charge is 2.25. The van der Waals surface area contributed by atoms with Crippen LogP contribution in [0.4, 0.5) is 0 Å². The number of ether oxygens (including phenoxy) is 1. The Bertz CT molecular complexity index is 573. The fourth-order valence-electron chi connectivity index (χ4n) is 2.42. The summed E-state index contributed by atoms with van der Waals surface area (Å²) >= 11 is 0. The van der Waals surface area contributed by atoms with Crippen LogP contribution in [0.5, 0.6) is 5.75 Å². The highest BCUT2D eigenvalue weighted by atomic mass is 16.5. The monoisotopic (exact) mass is 278 g/mol. The third-order valence-corrected chi connectivity index (χ3v) is 3.27. The number of nitrogens with two attached hydrogens (primary N) is 1. The summed E-state index contributed by atoms with van der Waals surface area (Å²) in [4.78, 5) is 0. The van der Waals surface area contributed by atoms with Crippen LogP contribution < -0.4 is 16.0 Å². The van der Waals surface area contributed by atoms with Gasteiger partial charge in [-0.25, -0.2) is 5.43 Å². The molecule has 0 spiro atoms. The van der Waals surface area contributed by atoms with Gasteiger partial charge in [0.25, 0.3) is 0 Å². The van der Waals surface area contributed by atoms with Crippen molar-refractivity contribution in [2.24, 2.45) is 12.9 Å². The van der Waals surface area contributed by atoms with Crippen molar-refractivity contribution in [3.8, 4) is 5.75 Å². The molecule has 110 valence electrons. The maximum absolute atomic E-state index is 5.78. The number of hydrogen-bond donors (Lipinski definition) is 2. The number of nitrogens with one attached hydrogen (secondary N) is 1. The van der Waals surface area contributed by atoms with E-state index in [0.717, 1.165) is 35.8 Å². The van der Waals surface area contributed by atoms with Gasteiger partial charge in [0.1, 0.15) is 11.7 Å². The molecule has 7 nitrogen and oxygen atoms in total. The molecule has 1 atom stereocenters. The molecule has 2 aromatic rings. The number of nitrogens with zero attached hydrogens (tertiary/aromatic N) is 4. The van der Waals surface area contributed by atoms with E-state index in [1.54, 1.807) is 13.3 Å². The highest BCUT2D eigenvalue weighted by Crippen LogP contribution is 2.29. The number of aromatic nitrogens is 4. The van der Waals surface area contributed by atoms with Gasteiger partial charge in [0, 0.05) is 13.6 Å². The minimum absolute atomic E-state index is 0.217. The van der Waals surface area contributed by atoms with Gasteiger partial charge in [-0.3, -0.25) is 15.2 Å². The summed E-state index contributed by atoms with van der Waals surface area (Å²) in [6.45, 7) is 4.88. The van der Waals surface area contributed by atoms with Gasteiger partial charge in [-0.15, -0.1) is 0 Å². The normalized spacial score (nSPS) is 12.7. The molecule has 2 rings (SSSR count). The molecular formula is C13H22N6O. The van der Waals surface area contributed by atoms with Crippen LogP contribution in [-0.2, 0) is 13.6 Å². The second kappa shape index (κ2) is 6.06. The van der Waals surface area contributed by atoms with E-state index in [1.807, 2.05) is 29.4 Å². The van der Waals surface area contributed by atoms with Crippen molar-refractivity contribution < 1.29 is 4.74 Å². The zero-order valence-electron chi connectivity index (χ0n) is 12.4. The van der Waals surface area contributed by atoms with Crippen molar-refractivity contribution in [1.82, 2.24) is 25.0 Å². The van der Waals surface area contributed by atoms with E-state index >= 15 is 0 Å². The molecule has 7 heteroatoms. The Balaban J connectivity index is 2.50. The Morgan fingerprint density at radius 1 is 1.50 bits per heavy atom. The predicted molar refractivity (Wildman–Crippen MR) is 76.2 cm³/mol. The summed E-state index contributed by atoms with van der Waals surface area (Å²) < 4.78 is 9.16. The lowest BCUT2D eigenvalue weighted by molar-refractivity contribution is 0.395. The fourth-order valence-corrected chi connectivity index (χ4v) is 2.42. The first-order chi connectivity index (χ1) is 9.62. The second-order valence-corrected chi connectivity index (χ2v) is 4.76. The van der Waals surface area contributed by atoms with Gasteiger partial charge in [-0.05, 0) is 19.4 Å². The summed E-state index contributed by atoms with van der Waals surface area (Å²) in [5, 5.41) is 8.75. The van der Waals surface area contributed by atoms with E-state index in [2.05, 4.69) is 22.5 Å². The first kappa shape index (κ1) is 14.5. The molecule has 3 N–H and O–H groups in total.